The standard InChI is InChI=1S/C26H24FN7S/c1-5-15(14-34(3)4)13-16(6-2)17-7-8-19-23(29-17)25(33-32-19)26-30-18-11-12-28-24(22(18)31-26)20-9-10-21(27)35-20/h5-13H,1,14H2,2-4H3,(H,30,31)(H,32,33)/b15-13+,16-6+. The molecule has 0 aliphatic carbocycles. The molecule has 5 heterocycles. The molecule has 0 fully saturated rings. The molecule has 176 valence electrons. The van der Waals surface area contributed by atoms with Crippen LogP contribution in [0, 0.1) is 5.13 Å². The fourth-order valence-corrected chi connectivity index (χ4v) is 4.66. The van der Waals surface area contributed by atoms with Crippen LogP contribution in [0.5, 0.6) is 0 Å². The van der Waals surface area contributed by atoms with Gasteiger partial charge in [-0.05, 0) is 68.6 Å². The normalized spacial score (nSPS) is 12.8. The second-order valence-electron chi connectivity index (χ2n) is 8.31. The molecule has 0 saturated heterocycles. The Morgan fingerprint density at radius 3 is 2.63 bits per heavy atom. The van der Waals surface area contributed by atoms with E-state index in [4.69, 9.17) is 9.97 Å². The van der Waals surface area contributed by atoms with Crippen molar-refractivity contribution >= 4 is 39.0 Å². The molecule has 7 nitrogen and oxygen atoms in total. The van der Waals surface area contributed by atoms with E-state index in [1.54, 1.807) is 12.3 Å². The minimum absolute atomic E-state index is 0.261. The van der Waals surface area contributed by atoms with Crippen LogP contribution in [-0.2, 0) is 0 Å². The van der Waals surface area contributed by atoms with E-state index >= 15 is 0 Å². The number of nitrogens with one attached hydrogen (secondary N) is 2. The van der Waals surface area contributed by atoms with Crippen LogP contribution < -0.4 is 0 Å². The topological polar surface area (TPSA) is 86.4 Å². The van der Waals surface area contributed by atoms with Gasteiger partial charge in [-0.2, -0.15) is 9.49 Å². The van der Waals surface area contributed by atoms with E-state index in [0.717, 1.165) is 50.6 Å². The van der Waals surface area contributed by atoms with E-state index in [1.165, 1.54) is 6.07 Å². The second kappa shape index (κ2) is 9.36. The maximum atomic E-state index is 13.6. The fraction of sp³-hybridized carbons (Fsp3) is 0.154. The Balaban J connectivity index is 1.59. The van der Waals surface area contributed by atoms with Gasteiger partial charge >= 0.3 is 0 Å². The number of likely N-dealkylation sites (N-methyl/N-ethyl adjacent to an activating group) is 1. The lowest BCUT2D eigenvalue weighted by Gasteiger charge is -2.11. The first-order valence-electron chi connectivity index (χ1n) is 11.1. The molecule has 0 spiro atoms. The largest absolute Gasteiger partial charge is 0.336 e. The zero-order valence-corrected chi connectivity index (χ0v) is 20.4. The van der Waals surface area contributed by atoms with Crippen molar-refractivity contribution in [2.75, 3.05) is 20.6 Å². The molecule has 0 bridgehead atoms. The van der Waals surface area contributed by atoms with Gasteiger partial charge in [-0.15, -0.1) is 11.3 Å². The van der Waals surface area contributed by atoms with E-state index in [1.807, 2.05) is 51.4 Å². The summed E-state index contributed by atoms with van der Waals surface area (Å²) in [6.45, 7) is 6.72. The Kier molecular flexibility index (Phi) is 6.10. The lowest BCUT2D eigenvalue weighted by Crippen LogP contribution is -2.14. The second-order valence-corrected chi connectivity index (χ2v) is 9.35. The Morgan fingerprint density at radius 1 is 1.09 bits per heavy atom. The number of thiophene rings is 1. The first-order valence-corrected chi connectivity index (χ1v) is 11.9. The zero-order chi connectivity index (χ0) is 24.5. The molecule has 35 heavy (non-hydrogen) atoms. The Labute approximate surface area is 205 Å². The van der Waals surface area contributed by atoms with Crippen LogP contribution in [0.2, 0.25) is 0 Å². The number of aromatic amines is 2. The minimum atomic E-state index is -0.261. The molecule has 5 rings (SSSR count). The highest BCUT2D eigenvalue weighted by atomic mass is 32.1. The summed E-state index contributed by atoms with van der Waals surface area (Å²) in [4.78, 5) is 20.3. The molecule has 5 aromatic rings. The van der Waals surface area contributed by atoms with Gasteiger partial charge in [0.1, 0.15) is 16.7 Å². The highest BCUT2D eigenvalue weighted by molar-refractivity contribution is 7.13. The van der Waals surface area contributed by atoms with Crippen molar-refractivity contribution in [3.05, 3.63) is 77.7 Å². The van der Waals surface area contributed by atoms with Crippen LogP contribution in [-0.4, -0.2) is 55.7 Å². The molecule has 9 heteroatoms. The molecule has 0 saturated carbocycles. The van der Waals surface area contributed by atoms with Crippen LogP contribution in [0.25, 0.3) is 49.7 Å². The van der Waals surface area contributed by atoms with Crippen molar-refractivity contribution in [2.24, 2.45) is 0 Å². The summed E-state index contributed by atoms with van der Waals surface area (Å²) in [7, 11) is 4.05. The van der Waals surface area contributed by atoms with Gasteiger partial charge in [0.05, 0.1) is 21.6 Å². The number of pyridine rings is 2. The lowest BCUT2D eigenvalue weighted by atomic mass is 10.1. The number of imidazole rings is 1. The van der Waals surface area contributed by atoms with Gasteiger partial charge in [-0.1, -0.05) is 18.7 Å². The number of hydrogen-bond acceptors (Lipinski definition) is 6. The van der Waals surface area contributed by atoms with Crippen molar-refractivity contribution in [1.29, 1.82) is 0 Å². The Bertz CT molecular complexity index is 1600. The third-order valence-corrected chi connectivity index (χ3v) is 6.43. The maximum Gasteiger partial charge on any atom is 0.177 e. The molecule has 5 aromatic heterocycles. The molecular formula is C26H24FN7S. The predicted octanol–water partition coefficient (Wildman–Crippen LogP) is 5.84. The van der Waals surface area contributed by atoms with Crippen LogP contribution in [0.3, 0.4) is 0 Å². The molecular weight excluding hydrogens is 461 g/mol. The van der Waals surface area contributed by atoms with E-state index in [-0.39, 0.29) is 5.13 Å². The Morgan fingerprint density at radius 2 is 1.91 bits per heavy atom. The number of allylic oxidation sites excluding steroid dienone is 3. The number of halogens is 1. The van der Waals surface area contributed by atoms with E-state index in [2.05, 4.69) is 37.7 Å². The average molecular weight is 486 g/mol. The van der Waals surface area contributed by atoms with Crippen molar-refractivity contribution in [3.63, 3.8) is 0 Å². The summed E-state index contributed by atoms with van der Waals surface area (Å²) >= 11 is 1.04. The van der Waals surface area contributed by atoms with Crippen molar-refractivity contribution in [1.82, 2.24) is 35.0 Å². The SMILES string of the molecule is C=C/C(=C\C(=C/C)c1ccc2[nH]nc(-c3nc4c(-c5ccc(F)s5)nccc4[nH]3)c2n1)CN(C)C. The van der Waals surface area contributed by atoms with Gasteiger partial charge in [0, 0.05) is 12.7 Å². The lowest BCUT2D eigenvalue weighted by molar-refractivity contribution is 0.449. The summed E-state index contributed by atoms with van der Waals surface area (Å²) in [5, 5.41) is 7.28. The van der Waals surface area contributed by atoms with Crippen molar-refractivity contribution in [2.45, 2.75) is 6.92 Å². The van der Waals surface area contributed by atoms with Gasteiger partial charge in [0.2, 0.25) is 0 Å². The van der Waals surface area contributed by atoms with Crippen LogP contribution in [0.15, 0.2) is 66.9 Å². The maximum absolute atomic E-state index is 13.6. The first kappa shape index (κ1) is 22.8. The molecule has 0 aliphatic rings. The number of hydrogen-bond donors (Lipinski definition) is 2. The van der Waals surface area contributed by atoms with E-state index < -0.39 is 0 Å². The third-order valence-electron chi connectivity index (χ3n) is 5.55. The summed E-state index contributed by atoms with van der Waals surface area (Å²) < 4.78 is 13.6. The Hall–Kier alpha value is -3.95. The summed E-state index contributed by atoms with van der Waals surface area (Å²) in [5.41, 5.74) is 7.12. The van der Waals surface area contributed by atoms with Gasteiger partial charge in [-0.3, -0.25) is 10.1 Å². The van der Waals surface area contributed by atoms with Crippen LogP contribution in [0.1, 0.15) is 12.6 Å². The third kappa shape index (κ3) is 4.43. The highest BCUT2D eigenvalue weighted by Gasteiger charge is 2.18. The molecule has 0 radical (unpaired) electrons. The van der Waals surface area contributed by atoms with E-state index in [9.17, 15) is 4.39 Å². The minimum Gasteiger partial charge on any atom is -0.336 e. The fourth-order valence-electron chi connectivity index (χ4n) is 3.93. The predicted molar refractivity (Wildman–Crippen MR) is 141 cm³/mol. The first-order chi connectivity index (χ1) is 17.0. The van der Waals surface area contributed by atoms with Crippen LogP contribution >= 0.6 is 11.3 Å². The summed E-state index contributed by atoms with van der Waals surface area (Å²) in [6, 6.07) is 8.93. The number of fused-ring (bicyclic) bond motifs is 2. The van der Waals surface area contributed by atoms with Gasteiger partial charge < -0.3 is 9.88 Å². The quantitative estimate of drug-likeness (QED) is 0.283. The van der Waals surface area contributed by atoms with Gasteiger partial charge in [0.25, 0.3) is 0 Å². The van der Waals surface area contributed by atoms with E-state index in [0.29, 0.717) is 28.2 Å². The number of nitrogens with zero attached hydrogens (tertiary/aromatic N) is 5. The van der Waals surface area contributed by atoms with Crippen molar-refractivity contribution < 1.29 is 4.39 Å². The van der Waals surface area contributed by atoms with Crippen LogP contribution in [0.4, 0.5) is 4.39 Å². The molecule has 2 N–H and O–H groups in total. The zero-order valence-electron chi connectivity index (χ0n) is 19.6. The van der Waals surface area contributed by atoms with Crippen molar-refractivity contribution in [3.8, 4) is 22.1 Å². The molecule has 0 atom stereocenters. The average Bonchev–Trinajstić information content (AvgIpc) is 3.58. The number of rotatable bonds is 7. The molecule has 0 aromatic carbocycles. The molecule has 0 unspecified atom stereocenters. The highest BCUT2D eigenvalue weighted by Crippen LogP contribution is 2.33. The number of H-pyrrole nitrogens is 2. The summed E-state index contributed by atoms with van der Waals surface area (Å²) in [6.07, 6.45) is 7.68. The van der Waals surface area contributed by atoms with Gasteiger partial charge in [-0.25, -0.2) is 9.97 Å². The summed E-state index contributed by atoms with van der Waals surface area (Å²) in [5.74, 6) is 0.569. The monoisotopic (exact) mass is 485 g/mol. The molecule has 0 amide bonds. The smallest absolute Gasteiger partial charge is 0.177 e. The van der Waals surface area contributed by atoms with Gasteiger partial charge in [0.15, 0.2) is 16.6 Å². The molecule has 0 aliphatic heterocycles. The number of aromatic nitrogens is 6.